The molecule has 9 nitrogen and oxygen atoms in total. The van der Waals surface area contributed by atoms with Gasteiger partial charge >= 0.3 is 0 Å². The first-order chi connectivity index (χ1) is 18.6. The van der Waals surface area contributed by atoms with Gasteiger partial charge in [0.15, 0.2) is 22.8 Å². The van der Waals surface area contributed by atoms with Gasteiger partial charge in [-0.15, -0.1) is 0 Å². The zero-order valence-corrected chi connectivity index (χ0v) is 20.8. The van der Waals surface area contributed by atoms with Crippen LogP contribution in [0.15, 0.2) is 71.5 Å². The van der Waals surface area contributed by atoms with E-state index in [2.05, 4.69) is 0 Å². The van der Waals surface area contributed by atoms with Crippen molar-refractivity contribution in [2.75, 3.05) is 13.9 Å². The zero-order valence-electron chi connectivity index (χ0n) is 20.8. The molecule has 7 rings (SSSR count). The van der Waals surface area contributed by atoms with Crippen LogP contribution in [0.2, 0.25) is 0 Å². The van der Waals surface area contributed by atoms with Crippen LogP contribution in [0.1, 0.15) is 18.3 Å². The smallest absolute Gasteiger partial charge is 0.265 e. The molecule has 38 heavy (non-hydrogen) atoms. The summed E-state index contributed by atoms with van der Waals surface area (Å²) in [6, 6.07) is 21.0. The Hall–Kier alpha value is -4.92. The van der Waals surface area contributed by atoms with Crippen LogP contribution in [-0.2, 0) is 13.0 Å². The Morgan fingerprint density at radius 1 is 0.895 bits per heavy atom. The number of methoxy groups -OCH3 is 1. The highest BCUT2D eigenvalue weighted by Gasteiger charge is 2.23. The van der Waals surface area contributed by atoms with Crippen LogP contribution in [-0.4, -0.2) is 38.0 Å². The third kappa shape index (κ3) is 3.39. The molecule has 9 heteroatoms. The number of rotatable bonds is 5. The van der Waals surface area contributed by atoms with E-state index in [-0.39, 0.29) is 12.4 Å². The maximum atomic E-state index is 14.2. The van der Waals surface area contributed by atoms with Gasteiger partial charge in [0.2, 0.25) is 6.79 Å². The minimum atomic E-state index is -0.161. The molecular formula is C29H23N5O4. The molecule has 6 aromatic rings. The van der Waals surface area contributed by atoms with Crippen molar-refractivity contribution >= 4 is 33.2 Å². The fourth-order valence-corrected chi connectivity index (χ4v) is 5.00. The summed E-state index contributed by atoms with van der Waals surface area (Å²) in [7, 11) is 1.63. The van der Waals surface area contributed by atoms with Crippen LogP contribution in [0, 0.1) is 0 Å². The number of aromatic nitrogens is 5. The summed E-state index contributed by atoms with van der Waals surface area (Å²) >= 11 is 0. The van der Waals surface area contributed by atoms with Crippen LogP contribution in [0.4, 0.5) is 0 Å². The molecule has 0 bridgehead atoms. The van der Waals surface area contributed by atoms with Crippen molar-refractivity contribution in [2.24, 2.45) is 0 Å². The normalized spacial score (nSPS) is 12.6. The van der Waals surface area contributed by atoms with Crippen molar-refractivity contribution in [3.05, 3.63) is 88.5 Å². The lowest BCUT2D eigenvalue weighted by Gasteiger charge is -2.13. The van der Waals surface area contributed by atoms with E-state index in [9.17, 15) is 4.79 Å². The third-order valence-electron chi connectivity index (χ3n) is 6.87. The summed E-state index contributed by atoms with van der Waals surface area (Å²) in [5, 5.41) is 0.437. The lowest BCUT2D eigenvalue weighted by atomic mass is 10.2. The summed E-state index contributed by atoms with van der Waals surface area (Å²) < 4.78 is 20.0. The number of benzene rings is 3. The van der Waals surface area contributed by atoms with Crippen molar-refractivity contribution in [3.63, 3.8) is 0 Å². The minimum absolute atomic E-state index is 0.161. The van der Waals surface area contributed by atoms with Crippen molar-refractivity contribution in [3.8, 4) is 22.9 Å². The van der Waals surface area contributed by atoms with E-state index in [1.165, 1.54) is 0 Å². The molecule has 0 aliphatic carbocycles. The van der Waals surface area contributed by atoms with Crippen LogP contribution >= 0.6 is 0 Å². The van der Waals surface area contributed by atoms with Crippen molar-refractivity contribution in [2.45, 2.75) is 19.9 Å². The predicted molar refractivity (Wildman–Crippen MR) is 144 cm³/mol. The van der Waals surface area contributed by atoms with Crippen LogP contribution in [0.3, 0.4) is 0 Å². The van der Waals surface area contributed by atoms with E-state index >= 15 is 0 Å². The van der Waals surface area contributed by atoms with Crippen molar-refractivity contribution < 1.29 is 14.2 Å². The Labute approximate surface area is 216 Å². The SMILES string of the molecule is CCc1nc2c(c(=O)n1Cc1ccc3c(c1)OCO3)c1nc3ccccc3nc1n2-c1ccc(OC)cc1. The lowest BCUT2D eigenvalue weighted by molar-refractivity contribution is 0.174. The molecule has 0 fully saturated rings. The third-order valence-corrected chi connectivity index (χ3v) is 6.87. The van der Waals surface area contributed by atoms with Crippen molar-refractivity contribution in [1.29, 1.82) is 0 Å². The molecule has 0 N–H and O–H groups in total. The Kier molecular flexibility index (Phi) is 5.04. The molecule has 0 saturated heterocycles. The van der Waals surface area contributed by atoms with Crippen LogP contribution in [0.25, 0.3) is 38.9 Å². The first kappa shape index (κ1) is 22.3. The largest absolute Gasteiger partial charge is 0.497 e. The van der Waals surface area contributed by atoms with Crippen LogP contribution in [0.5, 0.6) is 17.2 Å². The van der Waals surface area contributed by atoms with Gasteiger partial charge in [0.25, 0.3) is 5.56 Å². The first-order valence-corrected chi connectivity index (χ1v) is 12.4. The molecule has 0 amide bonds. The fraction of sp³-hybridized carbons (Fsp3) is 0.172. The predicted octanol–water partition coefficient (Wildman–Crippen LogP) is 4.63. The molecule has 3 aromatic heterocycles. The zero-order chi connectivity index (χ0) is 25.8. The van der Waals surface area contributed by atoms with Gasteiger partial charge in [0.1, 0.15) is 22.5 Å². The fourth-order valence-electron chi connectivity index (χ4n) is 5.00. The summed E-state index contributed by atoms with van der Waals surface area (Å²) in [6.45, 7) is 2.54. The first-order valence-electron chi connectivity index (χ1n) is 12.4. The quantitative estimate of drug-likeness (QED) is 0.337. The standard InChI is InChI=1S/C29H23N5O4/c1-3-24-32-27-25(29(35)33(24)15-17-8-13-22-23(14-17)38-16-37-22)26-28(31-21-7-5-4-6-20(21)30-26)34(27)18-9-11-19(36-2)12-10-18/h4-14H,3,15-16H2,1-2H3. The molecule has 0 saturated carbocycles. The van der Waals surface area contributed by atoms with Crippen molar-refractivity contribution in [1.82, 2.24) is 24.1 Å². The van der Waals surface area contributed by atoms with E-state index in [0.29, 0.717) is 52.5 Å². The average Bonchev–Trinajstić information content (AvgIpc) is 3.55. The van der Waals surface area contributed by atoms with Gasteiger partial charge in [-0.25, -0.2) is 15.0 Å². The van der Waals surface area contributed by atoms with E-state index in [4.69, 9.17) is 29.2 Å². The summed E-state index contributed by atoms with van der Waals surface area (Å²) in [5.41, 5.74) is 4.67. The second-order valence-corrected chi connectivity index (χ2v) is 9.08. The number of hydrogen-bond acceptors (Lipinski definition) is 7. The summed E-state index contributed by atoms with van der Waals surface area (Å²) in [5.74, 6) is 2.79. The highest BCUT2D eigenvalue weighted by molar-refractivity contribution is 6.05. The van der Waals surface area contributed by atoms with Crippen LogP contribution < -0.4 is 19.8 Å². The molecule has 0 radical (unpaired) electrons. The Morgan fingerprint density at radius 3 is 2.42 bits per heavy atom. The molecule has 0 spiro atoms. The topological polar surface area (TPSA) is 93.3 Å². The Bertz CT molecular complexity index is 1920. The second kappa shape index (κ2) is 8.58. The van der Waals surface area contributed by atoms with Gasteiger partial charge in [-0.3, -0.25) is 13.9 Å². The number of aryl methyl sites for hydroxylation is 1. The molecule has 1 aliphatic rings. The van der Waals surface area contributed by atoms with Gasteiger partial charge in [-0.1, -0.05) is 25.1 Å². The van der Waals surface area contributed by atoms with E-state index in [1.807, 2.05) is 78.2 Å². The molecular weight excluding hydrogens is 482 g/mol. The number of nitrogens with zero attached hydrogens (tertiary/aromatic N) is 5. The molecule has 3 aromatic carbocycles. The number of hydrogen-bond donors (Lipinski definition) is 0. The number of fused-ring (bicyclic) bond motifs is 5. The molecule has 4 heterocycles. The minimum Gasteiger partial charge on any atom is -0.497 e. The van der Waals surface area contributed by atoms with Gasteiger partial charge in [-0.05, 0) is 54.1 Å². The van der Waals surface area contributed by atoms with Gasteiger partial charge in [-0.2, -0.15) is 0 Å². The highest BCUT2D eigenvalue weighted by Crippen LogP contribution is 2.33. The van der Waals surface area contributed by atoms with E-state index < -0.39 is 0 Å². The number of para-hydroxylation sites is 2. The average molecular weight is 506 g/mol. The lowest BCUT2D eigenvalue weighted by Crippen LogP contribution is -2.26. The maximum absolute atomic E-state index is 14.2. The summed E-state index contributed by atoms with van der Waals surface area (Å²) in [6.07, 6.45) is 0.572. The second-order valence-electron chi connectivity index (χ2n) is 9.08. The molecule has 1 aliphatic heterocycles. The highest BCUT2D eigenvalue weighted by atomic mass is 16.7. The van der Waals surface area contributed by atoms with E-state index in [1.54, 1.807) is 11.7 Å². The number of ether oxygens (including phenoxy) is 3. The van der Waals surface area contributed by atoms with Gasteiger partial charge < -0.3 is 14.2 Å². The summed E-state index contributed by atoms with van der Waals surface area (Å²) in [4.78, 5) is 29.1. The Morgan fingerprint density at radius 2 is 1.66 bits per heavy atom. The van der Waals surface area contributed by atoms with E-state index in [0.717, 1.165) is 28.0 Å². The molecule has 188 valence electrons. The monoisotopic (exact) mass is 505 g/mol. The van der Waals surface area contributed by atoms with Gasteiger partial charge in [0, 0.05) is 12.1 Å². The molecule has 0 atom stereocenters. The molecule has 0 unspecified atom stereocenters. The van der Waals surface area contributed by atoms with Gasteiger partial charge in [0.05, 0.1) is 24.7 Å². The Balaban J connectivity index is 1.52. The maximum Gasteiger partial charge on any atom is 0.265 e.